The molecule has 9 aromatic carbocycles. The summed E-state index contributed by atoms with van der Waals surface area (Å²) < 4.78 is 0. The van der Waals surface area contributed by atoms with E-state index < -0.39 is 5.41 Å². The molecule has 2 heterocycles. The number of aliphatic imine (C=N–C) groups is 1. The van der Waals surface area contributed by atoms with Crippen molar-refractivity contribution in [3.63, 3.8) is 0 Å². The molecule has 0 bridgehead atoms. The van der Waals surface area contributed by atoms with Gasteiger partial charge in [-0.25, -0.2) is 0 Å². The molecule has 3 nitrogen and oxygen atoms in total. The number of para-hydroxylation sites is 3. The van der Waals surface area contributed by atoms with Gasteiger partial charge in [-0.15, -0.1) is 0 Å². The molecule has 1 spiro atoms. The van der Waals surface area contributed by atoms with Crippen LogP contribution in [-0.2, 0) is 5.41 Å². The molecule has 0 amide bonds. The predicted octanol–water partition coefficient (Wildman–Crippen LogP) is 13.8. The van der Waals surface area contributed by atoms with E-state index in [0.29, 0.717) is 0 Å². The van der Waals surface area contributed by atoms with Crippen molar-refractivity contribution in [2.45, 2.75) is 11.6 Å². The quantitative estimate of drug-likeness (QED) is 0.189. The summed E-state index contributed by atoms with van der Waals surface area (Å²) in [6, 6.07) is 79.5. The van der Waals surface area contributed by atoms with Gasteiger partial charge in [-0.05, 0) is 108 Å². The second-order valence-corrected chi connectivity index (χ2v) is 15.9. The first-order valence-electron chi connectivity index (χ1n) is 20.7. The Morgan fingerprint density at radius 3 is 1.75 bits per heavy atom. The minimum absolute atomic E-state index is 0.274. The first-order chi connectivity index (χ1) is 29.8. The number of hydrogen-bond donors (Lipinski definition) is 1. The fourth-order valence-corrected chi connectivity index (χ4v) is 10.1. The standard InChI is InChI=1S/C57H39N3/c1-4-16-38(17-5-1)39-28-30-42(31-29-39)56-58-51(41-19-6-2-7-20-41)37-52(59-56)43-32-34-46-50(36-43)57(49-35-33-40-18-10-11-23-45(40)55(46)49)47-24-12-14-26-53(47)60(44-21-8-3-9-22-44)54-27-15-13-25-48(54)57/h1-37,56,59H. The maximum Gasteiger partial charge on any atom is 0.145 e. The van der Waals surface area contributed by atoms with Crippen molar-refractivity contribution in [3.8, 4) is 22.3 Å². The average molecular weight is 766 g/mol. The number of anilines is 3. The Balaban J connectivity index is 1.08. The number of nitrogens with one attached hydrogen (secondary N) is 1. The van der Waals surface area contributed by atoms with Crippen LogP contribution in [0.3, 0.4) is 0 Å². The summed E-state index contributed by atoms with van der Waals surface area (Å²) in [5, 5.41) is 6.43. The van der Waals surface area contributed by atoms with E-state index in [2.05, 4.69) is 235 Å². The maximum atomic E-state index is 5.34. The lowest BCUT2D eigenvalue weighted by atomic mass is 9.64. The summed E-state index contributed by atoms with van der Waals surface area (Å²) in [4.78, 5) is 7.79. The number of fused-ring (bicyclic) bond motifs is 11. The third kappa shape index (κ3) is 5.19. The van der Waals surface area contributed by atoms with Gasteiger partial charge >= 0.3 is 0 Å². The summed E-state index contributed by atoms with van der Waals surface area (Å²) >= 11 is 0. The highest BCUT2D eigenvalue weighted by Crippen LogP contribution is 2.64. The van der Waals surface area contributed by atoms with Gasteiger partial charge in [-0.2, -0.15) is 0 Å². The zero-order valence-electron chi connectivity index (χ0n) is 32.8. The molecule has 282 valence electrons. The Morgan fingerprint density at radius 1 is 0.450 bits per heavy atom. The number of hydrogen-bond acceptors (Lipinski definition) is 3. The first kappa shape index (κ1) is 34.3. The Kier molecular flexibility index (Phi) is 7.82. The Morgan fingerprint density at radius 2 is 1.03 bits per heavy atom. The molecule has 12 rings (SSSR count). The van der Waals surface area contributed by atoms with Crippen LogP contribution in [0.25, 0.3) is 38.7 Å². The first-order valence-corrected chi connectivity index (χ1v) is 20.7. The molecule has 0 radical (unpaired) electrons. The third-order valence-electron chi connectivity index (χ3n) is 12.7. The van der Waals surface area contributed by atoms with E-state index in [1.165, 1.54) is 66.7 Å². The number of allylic oxidation sites excluding steroid dienone is 1. The largest absolute Gasteiger partial charge is 0.360 e. The van der Waals surface area contributed by atoms with Crippen LogP contribution < -0.4 is 10.2 Å². The van der Waals surface area contributed by atoms with E-state index in [-0.39, 0.29) is 6.17 Å². The number of rotatable bonds is 5. The molecule has 9 aromatic rings. The SMILES string of the molecule is C1=C(c2ccc3c(c2)C2(c4ccccc4N(c4ccccc4)c4ccccc42)c2ccc4ccccc4c2-3)NC(c2ccc(-c3ccccc3)cc2)N=C1c1ccccc1. The number of nitrogens with zero attached hydrogens (tertiary/aromatic N) is 2. The molecule has 3 aliphatic rings. The van der Waals surface area contributed by atoms with Crippen molar-refractivity contribution in [1.29, 1.82) is 0 Å². The fraction of sp³-hybridized carbons (Fsp3) is 0.0351. The van der Waals surface area contributed by atoms with Crippen molar-refractivity contribution in [2.24, 2.45) is 4.99 Å². The highest BCUT2D eigenvalue weighted by atomic mass is 15.2. The zero-order valence-corrected chi connectivity index (χ0v) is 32.8. The summed E-state index contributed by atoms with van der Waals surface area (Å²) in [6.45, 7) is 0. The molecule has 2 aliphatic heterocycles. The normalized spacial score (nSPS) is 15.6. The molecule has 0 fully saturated rings. The minimum Gasteiger partial charge on any atom is -0.360 e. The van der Waals surface area contributed by atoms with Gasteiger partial charge in [0.1, 0.15) is 6.17 Å². The van der Waals surface area contributed by atoms with Gasteiger partial charge in [-0.1, -0.05) is 188 Å². The lowest BCUT2D eigenvalue weighted by Crippen LogP contribution is -2.36. The van der Waals surface area contributed by atoms with Crippen molar-refractivity contribution in [2.75, 3.05) is 4.90 Å². The summed E-state index contributed by atoms with van der Waals surface area (Å²) in [7, 11) is 0. The molecule has 1 aliphatic carbocycles. The lowest BCUT2D eigenvalue weighted by molar-refractivity contribution is 0.664. The molecule has 1 N–H and O–H groups in total. The Hall–Kier alpha value is -7.75. The minimum atomic E-state index is -0.582. The zero-order chi connectivity index (χ0) is 39.6. The van der Waals surface area contributed by atoms with Crippen LogP contribution >= 0.6 is 0 Å². The van der Waals surface area contributed by atoms with Gasteiger partial charge in [0.15, 0.2) is 0 Å². The lowest BCUT2D eigenvalue weighted by Gasteiger charge is -2.45. The van der Waals surface area contributed by atoms with Crippen LogP contribution in [0.2, 0.25) is 0 Å². The van der Waals surface area contributed by atoms with Crippen molar-refractivity contribution in [1.82, 2.24) is 5.32 Å². The van der Waals surface area contributed by atoms with Crippen molar-refractivity contribution >= 4 is 39.2 Å². The second kappa shape index (κ2) is 13.7. The molecule has 0 saturated heterocycles. The second-order valence-electron chi connectivity index (χ2n) is 15.9. The molecule has 3 heteroatoms. The van der Waals surface area contributed by atoms with Gasteiger partial charge < -0.3 is 10.2 Å². The van der Waals surface area contributed by atoms with Crippen LogP contribution in [0.1, 0.15) is 45.1 Å². The predicted molar refractivity (Wildman–Crippen MR) is 248 cm³/mol. The Bertz CT molecular complexity index is 3120. The van der Waals surface area contributed by atoms with E-state index in [4.69, 9.17) is 4.99 Å². The van der Waals surface area contributed by atoms with Gasteiger partial charge in [0.25, 0.3) is 0 Å². The van der Waals surface area contributed by atoms with E-state index in [1.807, 2.05) is 0 Å². The smallest absolute Gasteiger partial charge is 0.145 e. The van der Waals surface area contributed by atoms with Crippen LogP contribution in [0.15, 0.2) is 229 Å². The van der Waals surface area contributed by atoms with Crippen LogP contribution in [-0.4, -0.2) is 5.71 Å². The third-order valence-corrected chi connectivity index (χ3v) is 12.7. The van der Waals surface area contributed by atoms with Crippen LogP contribution in [0.4, 0.5) is 17.1 Å². The molecular weight excluding hydrogens is 727 g/mol. The van der Waals surface area contributed by atoms with Crippen molar-refractivity contribution in [3.05, 3.63) is 263 Å². The van der Waals surface area contributed by atoms with E-state index in [0.717, 1.165) is 33.8 Å². The summed E-state index contributed by atoms with van der Waals surface area (Å²) in [5.41, 5.74) is 18.4. The van der Waals surface area contributed by atoms with E-state index in [9.17, 15) is 0 Å². The van der Waals surface area contributed by atoms with Crippen LogP contribution in [0, 0.1) is 0 Å². The average Bonchev–Trinajstić information content (AvgIpc) is 3.63. The van der Waals surface area contributed by atoms with Crippen molar-refractivity contribution < 1.29 is 0 Å². The maximum absolute atomic E-state index is 5.34. The topological polar surface area (TPSA) is 27.6 Å². The Labute approximate surface area is 350 Å². The molecule has 0 aromatic heterocycles. The summed E-state index contributed by atoms with van der Waals surface area (Å²) in [6.07, 6.45) is 1.96. The monoisotopic (exact) mass is 765 g/mol. The molecule has 60 heavy (non-hydrogen) atoms. The highest BCUT2D eigenvalue weighted by molar-refractivity contribution is 6.13. The molecular formula is C57H39N3. The number of benzene rings is 9. The van der Waals surface area contributed by atoms with Gasteiger partial charge in [0.05, 0.1) is 22.5 Å². The van der Waals surface area contributed by atoms with E-state index in [1.54, 1.807) is 0 Å². The molecule has 0 saturated carbocycles. The molecule has 1 unspecified atom stereocenters. The highest BCUT2D eigenvalue weighted by Gasteiger charge is 2.52. The van der Waals surface area contributed by atoms with E-state index >= 15 is 0 Å². The summed E-state index contributed by atoms with van der Waals surface area (Å²) in [5.74, 6) is 0. The van der Waals surface area contributed by atoms with Gasteiger partial charge in [-0.3, -0.25) is 4.99 Å². The fourth-order valence-electron chi connectivity index (χ4n) is 10.1. The van der Waals surface area contributed by atoms with Crippen LogP contribution in [0.5, 0.6) is 0 Å². The van der Waals surface area contributed by atoms with Gasteiger partial charge in [0, 0.05) is 11.4 Å². The molecule has 1 atom stereocenters. The van der Waals surface area contributed by atoms with Gasteiger partial charge in [0.2, 0.25) is 0 Å².